The van der Waals surface area contributed by atoms with Crippen molar-refractivity contribution >= 4 is 58.4 Å². The van der Waals surface area contributed by atoms with Crippen LogP contribution in [0, 0.1) is 14.1 Å². The van der Waals surface area contributed by atoms with Crippen LogP contribution in [0.2, 0.25) is 19.6 Å². The minimum absolute atomic E-state index is 1.16. The molecule has 0 radical (unpaired) electrons. The zero-order valence-corrected chi connectivity index (χ0v) is 13.7. The lowest BCUT2D eigenvalue weighted by Crippen LogP contribution is -2.41. The summed E-state index contributed by atoms with van der Waals surface area (Å²) in [6.07, 6.45) is 0. The molecule has 0 bridgehead atoms. The van der Waals surface area contributed by atoms with Crippen molar-refractivity contribution in [2.75, 3.05) is 0 Å². The highest BCUT2D eigenvalue weighted by molar-refractivity contribution is 14.1. The van der Waals surface area contributed by atoms with E-state index in [2.05, 4.69) is 83.9 Å². The zero-order valence-electron chi connectivity index (χ0n) is 8.41. The van der Waals surface area contributed by atoms with Crippen molar-refractivity contribution in [2.45, 2.75) is 26.6 Å². The SMILES string of the molecule is Cc1cc(I)c([Si](C)(C)C)c(I)c1. The first-order valence-corrected chi connectivity index (χ1v) is 9.94. The average Bonchev–Trinajstić information content (AvgIpc) is 1.78. The molecular weight excluding hydrogens is 402 g/mol. The second-order valence-electron chi connectivity index (χ2n) is 4.35. The maximum Gasteiger partial charge on any atom is 0.0803 e. The lowest BCUT2D eigenvalue weighted by atomic mass is 10.2. The van der Waals surface area contributed by atoms with E-state index in [1.165, 1.54) is 12.7 Å². The number of rotatable bonds is 1. The van der Waals surface area contributed by atoms with Crippen LogP contribution in [-0.2, 0) is 0 Å². The Bertz CT molecular complexity index is 303. The van der Waals surface area contributed by atoms with Crippen LogP contribution >= 0.6 is 45.2 Å². The maximum atomic E-state index is 2.47. The molecule has 1 aromatic carbocycles. The van der Waals surface area contributed by atoms with Gasteiger partial charge in [0.1, 0.15) is 0 Å². The Morgan fingerprint density at radius 2 is 1.38 bits per heavy atom. The molecule has 0 N–H and O–H groups in total. The van der Waals surface area contributed by atoms with Gasteiger partial charge in [-0.2, -0.15) is 0 Å². The number of hydrogen-bond donors (Lipinski definition) is 0. The van der Waals surface area contributed by atoms with Gasteiger partial charge < -0.3 is 0 Å². The Kier molecular flexibility index (Phi) is 3.85. The van der Waals surface area contributed by atoms with Crippen molar-refractivity contribution in [2.24, 2.45) is 0 Å². The molecule has 0 aliphatic heterocycles. The number of halogens is 2. The summed E-state index contributed by atoms with van der Waals surface area (Å²) < 4.78 is 2.89. The van der Waals surface area contributed by atoms with Gasteiger partial charge in [0.25, 0.3) is 0 Å². The summed E-state index contributed by atoms with van der Waals surface area (Å²) in [5.41, 5.74) is 1.37. The normalized spacial score (nSPS) is 11.8. The highest BCUT2D eigenvalue weighted by Gasteiger charge is 2.22. The Labute approximate surface area is 109 Å². The van der Waals surface area contributed by atoms with Crippen LogP contribution in [0.4, 0.5) is 0 Å². The first-order valence-electron chi connectivity index (χ1n) is 4.28. The van der Waals surface area contributed by atoms with Gasteiger partial charge in [0.15, 0.2) is 0 Å². The molecule has 1 rings (SSSR count). The molecule has 0 spiro atoms. The Morgan fingerprint density at radius 3 is 1.69 bits per heavy atom. The molecule has 0 fully saturated rings. The Balaban J connectivity index is 3.38. The third-order valence-corrected chi connectivity index (χ3v) is 6.69. The molecule has 0 heterocycles. The van der Waals surface area contributed by atoms with Crippen LogP contribution in [0.5, 0.6) is 0 Å². The summed E-state index contributed by atoms with van der Waals surface area (Å²) in [5, 5.41) is 1.61. The van der Waals surface area contributed by atoms with Gasteiger partial charge in [0, 0.05) is 7.14 Å². The van der Waals surface area contributed by atoms with E-state index >= 15 is 0 Å². The fraction of sp³-hybridized carbons (Fsp3) is 0.400. The van der Waals surface area contributed by atoms with Gasteiger partial charge in [-0.1, -0.05) is 19.6 Å². The average molecular weight is 416 g/mol. The van der Waals surface area contributed by atoms with Gasteiger partial charge in [0.2, 0.25) is 0 Å². The Hall–Kier alpha value is 0.897. The molecule has 1 aromatic rings. The van der Waals surface area contributed by atoms with E-state index in [9.17, 15) is 0 Å². The summed E-state index contributed by atoms with van der Waals surface area (Å²) in [4.78, 5) is 0. The van der Waals surface area contributed by atoms with E-state index in [1.54, 1.807) is 5.19 Å². The van der Waals surface area contributed by atoms with Crippen molar-refractivity contribution < 1.29 is 0 Å². The first-order chi connectivity index (χ1) is 5.82. The Morgan fingerprint density at radius 1 is 1.00 bits per heavy atom. The van der Waals surface area contributed by atoms with Crippen molar-refractivity contribution in [1.82, 2.24) is 0 Å². The molecule has 0 saturated carbocycles. The second-order valence-corrected chi connectivity index (χ2v) is 11.7. The van der Waals surface area contributed by atoms with Crippen LogP contribution in [0.1, 0.15) is 5.56 Å². The molecule has 0 aromatic heterocycles. The van der Waals surface area contributed by atoms with Gasteiger partial charge in [-0.05, 0) is 75.0 Å². The smallest absolute Gasteiger partial charge is 0.0656 e. The van der Waals surface area contributed by atoms with Gasteiger partial charge in [0.05, 0.1) is 8.07 Å². The third kappa shape index (κ3) is 2.92. The van der Waals surface area contributed by atoms with Crippen LogP contribution in [-0.4, -0.2) is 8.07 Å². The summed E-state index contributed by atoms with van der Waals surface area (Å²) in [7, 11) is -1.16. The van der Waals surface area contributed by atoms with Crippen LogP contribution < -0.4 is 5.19 Å². The van der Waals surface area contributed by atoms with E-state index in [0.717, 1.165) is 0 Å². The molecule has 0 saturated heterocycles. The summed E-state index contributed by atoms with van der Waals surface area (Å²) >= 11 is 4.93. The lowest BCUT2D eigenvalue weighted by molar-refractivity contribution is 1.44. The van der Waals surface area contributed by atoms with Gasteiger partial charge in [-0.15, -0.1) is 0 Å². The number of hydrogen-bond acceptors (Lipinski definition) is 0. The minimum Gasteiger partial charge on any atom is -0.0656 e. The van der Waals surface area contributed by atoms with Gasteiger partial charge >= 0.3 is 0 Å². The second kappa shape index (κ2) is 4.18. The van der Waals surface area contributed by atoms with Crippen LogP contribution in [0.15, 0.2) is 12.1 Å². The molecule has 0 aliphatic rings. The summed E-state index contributed by atoms with van der Waals surface area (Å²) in [5.74, 6) is 0. The monoisotopic (exact) mass is 416 g/mol. The largest absolute Gasteiger partial charge is 0.0803 e. The van der Waals surface area contributed by atoms with Crippen LogP contribution in [0.25, 0.3) is 0 Å². The van der Waals surface area contributed by atoms with E-state index in [-0.39, 0.29) is 0 Å². The van der Waals surface area contributed by atoms with Crippen molar-refractivity contribution in [1.29, 1.82) is 0 Å². The first kappa shape index (κ1) is 12.0. The molecule has 0 atom stereocenters. The van der Waals surface area contributed by atoms with E-state index in [4.69, 9.17) is 0 Å². The quantitative estimate of drug-likeness (QED) is 0.484. The van der Waals surface area contributed by atoms with Crippen molar-refractivity contribution in [3.63, 3.8) is 0 Å². The standard InChI is InChI=1S/C10H14I2Si/c1-7-5-8(11)10(9(12)6-7)13(2,3)4/h5-6H,1-4H3. The van der Waals surface area contributed by atoms with Crippen LogP contribution in [0.3, 0.4) is 0 Å². The zero-order chi connectivity index (χ0) is 10.2. The van der Waals surface area contributed by atoms with Gasteiger partial charge in [-0.3, -0.25) is 0 Å². The van der Waals surface area contributed by atoms with E-state index in [0.29, 0.717) is 0 Å². The molecule has 3 heteroatoms. The van der Waals surface area contributed by atoms with Crippen molar-refractivity contribution in [3.05, 3.63) is 24.8 Å². The summed E-state index contributed by atoms with van der Waals surface area (Å²) in [6.45, 7) is 9.38. The van der Waals surface area contributed by atoms with Crippen molar-refractivity contribution in [3.8, 4) is 0 Å². The highest BCUT2D eigenvalue weighted by Crippen LogP contribution is 2.17. The molecule has 0 aliphatic carbocycles. The molecule has 0 unspecified atom stereocenters. The molecule has 13 heavy (non-hydrogen) atoms. The molecule has 72 valence electrons. The molecule has 0 nitrogen and oxygen atoms in total. The number of aryl methyl sites for hydroxylation is 1. The lowest BCUT2D eigenvalue weighted by Gasteiger charge is -2.21. The summed E-state index contributed by atoms with van der Waals surface area (Å²) in [6, 6.07) is 4.58. The molecular formula is C10H14I2Si. The predicted octanol–water partition coefficient (Wildman–Crippen LogP) is 3.75. The van der Waals surface area contributed by atoms with Gasteiger partial charge in [-0.25, -0.2) is 0 Å². The number of benzene rings is 1. The third-order valence-electron chi connectivity index (χ3n) is 1.94. The minimum atomic E-state index is -1.16. The topological polar surface area (TPSA) is 0 Å². The fourth-order valence-electron chi connectivity index (χ4n) is 1.42. The maximum absolute atomic E-state index is 2.47. The highest BCUT2D eigenvalue weighted by atomic mass is 127. The predicted molar refractivity (Wildman–Crippen MR) is 79.6 cm³/mol. The fourth-order valence-corrected chi connectivity index (χ4v) is 9.93. The van der Waals surface area contributed by atoms with E-state index in [1.807, 2.05) is 0 Å². The molecule has 0 amide bonds. The van der Waals surface area contributed by atoms with E-state index < -0.39 is 8.07 Å².